The molecule has 3 aromatic rings. The molecule has 0 amide bonds. The van der Waals surface area contributed by atoms with E-state index in [1.165, 1.54) is 31.7 Å². The summed E-state index contributed by atoms with van der Waals surface area (Å²) in [5.74, 6) is 0. The molecule has 0 saturated heterocycles. The normalized spacial score (nSPS) is 11.1. The third kappa shape index (κ3) is 2.68. The molecule has 0 spiro atoms. The van der Waals surface area contributed by atoms with Gasteiger partial charge in [-0.1, -0.05) is 41.4 Å². The molecule has 0 atom stereocenters. The largest absolute Gasteiger partial charge is 0.140 e. The Morgan fingerprint density at radius 1 is 0.947 bits per heavy atom. The molecular weight excluding hydrogens is 272 g/mol. The van der Waals surface area contributed by atoms with Gasteiger partial charge in [0.2, 0.25) is 0 Å². The number of thiophene rings is 1. The van der Waals surface area contributed by atoms with Crippen molar-refractivity contribution in [3.05, 3.63) is 69.1 Å². The standard InChI is InChI=1S/C17H15ClS/c1-11-4-6-16(18)14(7-11)10-15-9-13-5-3-12(2)8-17(13)19-15/h3-9H,10H2,1-2H3. The van der Waals surface area contributed by atoms with Gasteiger partial charge in [-0.25, -0.2) is 0 Å². The number of fused-ring (bicyclic) bond motifs is 1. The Kier molecular flexibility index (Phi) is 3.34. The molecule has 0 unspecified atom stereocenters. The second-order valence-electron chi connectivity index (χ2n) is 5.03. The first-order valence-electron chi connectivity index (χ1n) is 6.36. The van der Waals surface area contributed by atoms with Crippen LogP contribution in [0.2, 0.25) is 5.02 Å². The average Bonchev–Trinajstić information content (AvgIpc) is 2.75. The van der Waals surface area contributed by atoms with Crippen molar-refractivity contribution in [1.29, 1.82) is 0 Å². The predicted octanol–water partition coefficient (Wildman–Crippen LogP) is 5.76. The van der Waals surface area contributed by atoms with E-state index in [0.29, 0.717) is 0 Å². The molecule has 3 rings (SSSR count). The molecule has 2 heteroatoms. The Labute approximate surface area is 122 Å². The van der Waals surface area contributed by atoms with E-state index >= 15 is 0 Å². The molecule has 0 fully saturated rings. The van der Waals surface area contributed by atoms with E-state index in [9.17, 15) is 0 Å². The maximum atomic E-state index is 6.27. The van der Waals surface area contributed by atoms with Crippen LogP contribution in [-0.4, -0.2) is 0 Å². The van der Waals surface area contributed by atoms with Gasteiger partial charge in [0.1, 0.15) is 0 Å². The highest BCUT2D eigenvalue weighted by atomic mass is 35.5. The highest BCUT2D eigenvalue weighted by molar-refractivity contribution is 7.19. The van der Waals surface area contributed by atoms with E-state index < -0.39 is 0 Å². The van der Waals surface area contributed by atoms with E-state index in [0.717, 1.165) is 11.4 Å². The lowest BCUT2D eigenvalue weighted by Gasteiger charge is -2.03. The third-order valence-corrected chi connectivity index (χ3v) is 4.76. The van der Waals surface area contributed by atoms with Gasteiger partial charge in [0.05, 0.1) is 0 Å². The molecule has 0 aliphatic heterocycles. The van der Waals surface area contributed by atoms with Gasteiger partial charge in [0.15, 0.2) is 0 Å². The van der Waals surface area contributed by atoms with Crippen molar-refractivity contribution in [3.8, 4) is 0 Å². The summed E-state index contributed by atoms with van der Waals surface area (Å²) >= 11 is 8.14. The zero-order valence-corrected chi connectivity index (χ0v) is 12.6. The number of aryl methyl sites for hydroxylation is 2. The molecule has 0 nitrogen and oxygen atoms in total. The van der Waals surface area contributed by atoms with Crippen molar-refractivity contribution in [2.24, 2.45) is 0 Å². The lowest BCUT2D eigenvalue weighted by Crippen LogP contribution is -1.87. The van der Waals surface area contributed by atoms with E-state index in [4.69, 9.17) is 11.6 Å². The molecule has 1 heterocycles. The predicted molar refractivity (Wildman–Crippen MR) is 85.6 cm³/mol. The lowest BCUT2D eigenvalue weighted by atomic mass is 10.1. The Morgan fingerprint density at radius 3 is 2.53 bits per heavy atom. The zero-order chi connectivity index (χ0) is 13.4. The minimum absolute atomic E-state index is 0.860. The lowest BCUT2D eigenvalue weighted by molar-refractivity contribution is 1.23. The van der Waals surface area contributed by atoms with Gasteiger partial charge in [0, 0.05) is 21.0 Å². The van der Waals surface area contributed by atoms with Crippen molar-refractivity contribution in [2.75, 3.05) is 0 Å². The fourth-order valence-electron chi connectivity index (χ4n) is 2.31. The minimum atomic E-state index is 0.860. The van der Waals surface area contributed by atoms with Crippen molar-refractivity contribution < 1.29 is 0 Å². The van der Waals surface area contributed by atoms with Gasteiger partial charge in [-0.2, -0.15) is 0 Å². The molecule has 96 valence electrons. The quantitative estimate of drug-likeness (QED) is 0.561. The van der Waals surface area contributed by atoms with Crippen molar-refractivity contribution in [3.63, 3.8) is 0 Å². The van der Waals surface area contributed by atoms with Crippen LogP contribution in [0.15, 0.2) is 42.5 Å². The maximum absolute atomic E-state index is 6.27. The molecule has 2 aromatic carbocycles. The third-order valence-electron chi connectivity index (χ3n) is 3.29. The topological polar surface area (TPSA) is 0 Å². The van der Waals surface area contributed by atoms with Gasteiger partial charge >= 0.3 is 0 Å². The summed E-state index contributed by atoms with van der Waals surface area (Å²) < 4.78 is 1.36. The summed E-state index contributed by atoms with van der Waals surface area (Å²) in [7, 11) is 0. The number of hydrogen-bond donors (Lipinski definition) is 0. The van der Waals surface area contributed by atoms with Gasteiger partial charge in [-0.15, -0.1) is 11.3 Å². The summed E-state index contributed by atoms with van der Waals surface area (Å²) in [6, 6.07) is 15.1. The van der Waals surface area contributed by atoms with E-state index in [1.807, 2.05) is 17.4 Å². The van der Waals surface area contributed by atoms with Crippen molar-refractivity contribution in [1.82, 2.24) is 0 Å². The first kappa shape index (κ1) is 12.7. The van der Waals surface area contributed by atoms with Gasteiger partial charge < -0.3 is 0 Å². The summed E-state index contributed by atoms with van der Waals surface area (Å²) in [5.41, 5.74) is 3.79. The highest BCUT2D eigenvalue weighted by Crippen LogP contribution is 2.30. The van der Waals surface area contributed by atoms with Crippen LogP contribution in [0.3, 0.4) is 0 Å². The molecule has 19 heavy (non-hydrogen) atoms. The summed E-state index contributed by atoms with van der Waals surface area (Å²) in [5, 5.41) is 2.19. The SMILES string of the molecule is Cc1ccc(Cl)c(Cc2cc3ccc(C)cc3s2)c1. The van der Waals surface area contributed by atoms with Gasteiger partial charge in [-0.3, -0.25) is 0 Å². The molecule has 0 saturated carbocycles. The molecule has 0 radical (unpaired) electrons. The number of benzene rings is 2. The molecule has 0 aliphatic rings. The maximum Gasteiger partial charge on any atom is 0.0441 e. The Bertz CT molecular complexity index is 740. The average molecular weight is 287 g/mol. The van der Waals surface area contributed by atoms with Crippen LogP contribution in [0, 0.1) is 13.8 Å². The second kappa shape index (κ2) is 4.99. The Hall–Kier alpha value is -1.31. The molecule has 0 aliphatic carbocycles. The van der Waals surface area contributed by atoms with Crippen LogP contribution < -0.4 is 0 Å². The van der Waals surface area contributed by atoms with Gasteiger partial charge in [0.25, 0.3) is 0 Å². The Morgan fingerprint density at radius 2 is 1.68 bits per heavy atom. The van der Waals surface area contributed by atoms with E-state index in [1.54, 1.807) is 0 Å². The molecular formula is C17H15ClS. The summed E-state index contributed by atoms with van der Waals surface area (Å²) in [4.78, 5) is 1.37. The minimum Gasteiger partial charge on any atom is -0.140 e. The Balaban J connectivity index is 1.98. The first-order chi connectivity index (χ1) is 9.11. The van der Waals surface area contributed by atoms with E-state index in [-0.39, 0.29) is 0 Å². The smallest absolute Gasteiger partial charge is 0.0441 e. The van der Waals surface area contributed by atoms with E-state index in [2.05, 4.69) is 50.2 Å². The van der Waals surface area contributed by atoms with Crippen LogP contribution in [0.4, 0.5) is 0 Å². The number of hydrogen-bond acceptors (Lipinski definition) is 1. The number of rotatable bonds is 2. The molecule has 0 bridgehead atoms. The highest BCUT2D eigenvalue weighted by Gasteiger charge is 2.06. The van der Waals surface area contributed by atoms with Crippen LogP contribution in [0.5, 0.6) is 0 Å². The summed E-state index contributed by atoms with van der Waals surface area (Å²) in [6.45, 7) is 4.24. The number of halogens is 1. The van der Waals surface area contributed by atoms with Crippen LogP contribution >= 0.6 is 22.9 Å². The van der Waals surface area contributed by atoms with Gasteiger partial charge in [-0.05, 0) is 48.6 Å². The zero-order valence-electron chi connectivity index (χ0n) is 11.0. The van der Waals surface area contributed by atoms with Crippen LogP contribution in [-0.2, 0) is 6.42 Å². The van der Waals surface area contributed by atoms with Crippen molar-refractivity contribution in [2.45, 2.75) is 20.3 Å². The molecule has 0 N–H and O–H groups in total. The monoisotopic (exact) mass is 286 g/mol. The van der Waals surface area contributed by atoms with Crippen molar-refractivity contribution >= 4 is 33.0 Å². The van der Waals surface area contributed by atoms with Crippen LogP contribution in [0.25, 0.3) is 10.1 Å². The first-order valence-corrected chi connectivity index (χ1v) is 7.55. The molecule has 1 aromatic heterocycles. The summed E-state index contributed by atoms with van der Waals surface area (Å²) in [6.07, 6.45) is 0.916. The fraction of sp³-hybridized carbons (Fsp3) is 0.176. The second-order valence-corrected chi connectivity index (χ2v) is 6.60. The van der Waals surface area contributed by atoms with Crippen LogP contribution in [0.1, 0.15) is 21.6 Å². The fourth-order valence-corrected chi connectivity index (χ4v) is 3.68.